The predicted octanol–water partition coefficient (Wildman–Crippen LogP) is 2.63. The first-order chi connectivity index (χ1) is 23.8. The van der Waals surface area contributed by atoms with Crippen molar-refractivity contribution in [2.24, 2.45) is 16.3 Å². The van der Waals surface area contributed by atoms with E-state index in [1.54, 1.807) is 12.1 Å². The lowest BCUT2D eigenvalue weighted by Crippen LogP contribution is -2.52. The van der Waals surface area contributed by atoms with E-state index in [-0.39, 0.29) is 49.5 Å². The number of nitrogens with zero attached hydrogens (tertiary/aromatic N) is 3. The first kappa shape index (κ1) is 38.8. The number of fused-ring (bicyclic) bond motifs is 1. The fourth-order valence-electron chi connectivity index (χ4n) is 6.02. The molecule has 1 amide bonds. The van der Waals surface area contributed by atoms with Crippen LogP contribution in [0.1, 0.15) is 38.7 Å². The topological polar surface area (TPSA) is 198 Å². The van der Waals surface area contributed by atoms with Crippen LogP contribution in [0.15, 0.2) is 64.5 Å². The van der Waals surface area contributed by atoms with Gasteiger partial charge in [0.2, 0.25) is 10.0 Å². The minimum atomic E-state index is -4.16. The fraction of sp³-hybridized carbons (Fsp3) is 0.576. The third kappa shape index (κ3) is 11.0. The SMILES string of the molecule is COC(=NCCCC(C)(C)CN(C[C@@H](O)[C@H](Cc1ccccc1)NC(=O)O[C@@H]1CO[C@@H]2OCC[C@@H]21)S(=O)(=O)c1ccc(OC)cc1)N[N+](=O)O. The van der Waals surface area contributed by atoms with Crippen LogP contribution in [0.4, 0.5) is 4.79 Å². The third-order valence-electron chi connectivity index (χ3n) is 8.65. The number of hydrogen-bond donors (Lipinski definition) is 4. The maximum absolute atomic E-state index is 14.2. The number of ether oxygens (including phenoxy) is 5. The number of carbonyl (C=O) groups excluding carboxylic acids is 1. The number of aliphatic imine (C=N–C) groups is 1. The molecule has 50 heavy (non-hydrogen) atoms. The summed E-state index contributed by atoms with van der Waals surface area (Å²) in [6.45, 7) is 4.38. The molecule has 2 aromatic rings. The number of rotatable bonds is 17. The highest BCUT2D eigenvalue weighted by molar-refractivity contribution is 7.89. The molecule has 0 saturated carbocycles. The normalized spacial score (nSPS) is 20.5. The highest BCUT2D eigenvalue weighted by Crippen LogP contribution is 2.33. The van der Waals surface area contributed by atoms with Gasteiger partial charge in [-0.1, -0.05) is 44.2 Å². The summed E-state index contributed by atoms with van der Waals surface area (Å²) in [5.41, 5.74) is 2.18. The van der Waals surface area contributed by atoms with E-state index < -0.39 is 51.1 Å². The number of nitrogens with one attached hydrogen (secondary N) is 2. The van der Waals surface area contributed by atoms with Crippen molar-refractivity contribution in [3.05, 3.63) is 65.1 Å². The van der Waals surface area contributed by atoms with Crippen LogP contribution < -0.4 is 15.5 Å². The Hall–Kier alpha value is -4.03. The van der Waals surface area contributed by atoms with Crippen molar-refractivity contribution in [3.8, 4) is 5.75 Å². The Kier molecular flexibility index (Phi) is 13.8. The molecule has 0 aromatic heterocycles. The molecular formula is C33H48N5O11S+. The lowest BCUT2D eigenvalue weighted by Gasteiger charge is -2.35. The number of amides is 1. The van der Waals surface area contributed by atoms with Crippen LogP contribution in [0.25, 0.3) is 0 Å². The van der Waals surface area contributed by atoms with Crippen LogP contribution in [-0.2, 0) is 35.4 Å². The van der Waals surface area contributed by atoms with Gasteiger partial charge >= 0.3 is 17.1 Å². The van der Waals surface area contributed by atoms with E-state index in [0.29, 0.717) is 31.6 Å². The number of sulfonamides is 1. The molecule has 0 radical (unpaired) electrons. The van der Waals surface area contributed by atoms with Gasteiger partial charge in [-0.05, 0) is 66.4 Å². The second-order valence-electron chi connectivity index (χ2n) is 13.0. The maximum atomic E-state index is 14.2. The molecule has 0 unspecified atom stereocenters. The molecule has 5 atom stereocenters. The smallest absolute Gasteiger partial charge is 0.407 e. The van der Waals surface area contributed by atoms with Crippen LogP contribution >= 0.6 is 0 Å². The van der Waals surface area contributed by atoms with E-state index >= 15 is 0 Å². The number of benzene rings is 2. The summed E-state index contributed by atoms with van der Waals surface area (Å²) in [4.78, 5) is 28.2. The van der Waals surface area contributed by atoms with Gasteiger partial charge in [0.25, 0.3) is 0 Å². The number of alkyl carbamates (subject to hydrolysis) is 1. The minimum absolute atomic E-state index is 0.00742. The Labute approximate surface area is 292 Å². The molecule has 17 heteroatoms. The number of methoxy groups -OCH3 is 2. The molecule has 2 fully saturated rings. The summed E-state index contributed by atoms with van der Waals surface area (Å²) < 4.78 is 56.6. The van der Waals surface area contributed by atoms with Gasteiger partial charge in [0.15, 0.2) is 6.29 Å². The number of aliphatic hydroxyl groups is 1. The third-order valence-corrected chi connectivity index (χ3v) is 10.5. The van der Waals surface area contributed by atoms with E-state index in [1.165, 1.54) is 30.7 Å². The Morgan fingerprint density at radius 1 is 1.14 bits per heavy atom. The first-order valence-corrected chi connectivity index (χ1v) is 17.8. The predicted molar refractivity (Wildman–Crippen MR) is 180 cm³/mol. The van der Waals surface area contributed by atoms with E-state index in [0.717, 1.165) is 5.56 Å². The largest absolute Gasteiger partial charge is 0.497 e. The van der Waals surface area contributed by atoms with Crippen LogP contribution in [0.5, 0.6) is 5.75 Å². The number of carbonyl (C=O) groups is 1. The zero-order chi connectivity index (χ0) is 36.3. The summed E-state index contributed by atoms with van der Waals surface area (Å²) in [5.74, 6) is 0.404. The van der Waals surface area contributed by atoms with Crippen molar-refractivity contribution in [1.82, 2.24) is 15.0 Å². The molecule has 0 spiro atoms. The van der Waals surface area contributed by atoms with Gasteiger partial charge in [0.1, 0.15) is 16.8 Å². The van der Waals surface area contributed by atoms with E-state index in [4.69, 9.17) is 28.9 Å². The van der Waals surface area contributed by atoms with Crippen molar-refractivity contribution in [2.75, 3.05) is 47.1 Å². The van der Waals surface area contributed by atoms with E-state index in [2.05, 4.69) is 10.3 Å². The molecule has 2 heterocycles. The Balaban J connectivity index is 1.54. The Morgan fingerprint density at radius 3 is 2.52 bits per heavy atom. The summed E-state index contributed by atoms with van der Waals surface area (Å²) in [7, 11) is -1.39. The van der Waals surface area contributed by atoms with Crippen molar-refractivity contribution in [3.63, 3.8) is 0 Å². The van der Waals surface area contributed by atoms with Gasteiger partial charge in [-0.2, -0.15) is 4.31 Å². The minimum Gasteiger partial charge on any atom is -0.497 e. The lowest BCUT2D eigenvalue weighted by molar-refractivity contribution is -0.823. The van der Waals surface area contributed by atoms with Crippen LogP contribution in [0, 0.1) is 16.2 Å². The van der Waals surface area contributed by atoms with Crippen molar-refractivity contribution in [2.45, 2.75) is 69.0 Å². The number of hydrogen-bond acceptors (Lipinski definition) is 11. The highest BCUT2D eigenvalue weighted by atomic mass is 32.2. The monoisotopic (exact) mass is 722 g/mol. The summed E-state index contributed by atoms with van der Waals surface area (Å²) in [6.07, 6.45) is -1.13. The van der Waals surface area contributed by atoms with Gasteiger partial charge in [-0.15, -0.1) is 0 Å². The van der Waals surface area contributed by atoms with Crippen LogP contribution in [0.2, 0.25) is 0 Å². The quantitative estimate of drug-likeness (QED) is 0.0808. The summed E-state index contributed by atoms with van der Waals surface area (Å²) in [5, 5.41) is 22.9. The lowest BCUT2D eigenvalue weighted by atomic mass is 9.87. The molecule has 4 rings (SSSR count). The molecule has 2 saturated heterocycles. The second kappa shape index (κ2) is 17.8. The average molecular weight is 723 g/mol. The van der Waals surface area contributed by atoms with Gasteiger partial charge in [-0.25, -0.2) is 23.4 Å². The van der Waals surface area contributed by atoms with Crippen LogP contribution in [-0.4, -0.2) is 112 Å². The molecule has 4 N–H and O–H groups in total. The van der Waals surface area contributed by atoms with Crippen molar-refractivity contribution < 1.29 is 52.2 Å². The number of hydrazine groups is 1. The Morgan fingerprint density at radius 2 is 1.86 bits per heavy atom. The van der Waals surface area contributed by atoms with Gasteiger partial charge < -0.3 is 34.1 Å². The van der Waals surface area contributed by atoms with Gasteiger partial charge in [-0.3, -0.25) is 0 Å². The molecule has 2 aliphatic rings. The molecule has 2 aromatic carbocycles. The van der Waals surface area contributed by atoms with E-state index in [1.807, 2.05) is 49.6 Å². The molecule has 0 bridgehead atoms. The second-order valence-corrected chi connectivity index (χ2v) is 14.9. The van der Waals surface area contributed by atoms with Crippen molar-refractivity contribution in [1.29, 1.82) is 0 Å². The number of aliphatic hydroxyl groups excluding tert-OH is 1. The van der Waals surface area contributed by atoms with E-state index in [9.17, 15) is 23.2 Å². The average Bonchev–Trinajstić information content (AvgIpc) is 3.71. The number of amidine groups is 1. The maximum Gasteiger partial charge on any atom is 0.407 e. The van der Waals surface area contributed by atoms with Crippen molar-refractivity contribution >= 4 is 22.1 Å². The zero-order valence-electron chi connectivity index (χ0n) is 28.8. The molecule has 0 aliphatic carbocycles. The summed E-state index contributed by atoms with van der Waals surface area (Å²) >= 11 is 0. The van der Waals surface area contributed by atoms with Gasteiger partial charge in [0.05, 0.1) is 50.4 Å². The first-order valence-electron chi connectivity index (χ1n) is 16.4. The Bertz CT molecular complexity index is 1540. The van der Waals surface area contributed by atoms with Gasteiger partial charge in [0, 0.05) is 19.6 Å². The molecule has 276 valence electrons. The molecular weight excluding hydrogens is 674 g/mol. The standard InChI is InChI=1S/C33H47N5O11S/c1-33(2,16-8-17-34-31(46-4)36-38(41)42)22-37(50(43,44)25-13-11-24(45-3)12-14-25)20-28(39)27(19-23-9-6-5-7-10-23)35-32(40)49-29-21-48-30-26(29)15-18-47-30/h5-7,9-14,26-30,39H,8,15-22H2,1-4H3,(H2-,34,35,36,40,41,42)/p+1/t26-,27+,28-,29-,30+/m1/s1. The molecule has 2 aliphatic heterocycles. The zero-order valence-corrected chi connectivity index (χ0v) is 29.6. The molecule has 16 nitrogen and oxygen atoms in total. The fourth-order valence-corrected chi connectivity index (χ4v) is 7.67. The van der Waals surface area contributed by atoms with Crippen LogP contribution in [0.3, 0.4) is 0 Å². The summed E-state index contributed by atoms with van der Waals surface area (Å²) in [6, 6.07) is 14.1. The highest BCUT2D eigenvalue weighted by Gasteiger charge is 2.44.